The van der Waals surface area contributed by atoms with Crippen LogP contribution in [0, 0.1) is 6.92 Å². The molecule has 2 atom stereocenters. The minimum absolute atomic E-state index is 0.170. The second kappa shape index (κ2) is 14.5. The number of ketones is 1. The van der Waals surface area contributed by atoms with Crippen molar-refractivity contribution in [2.45, 2.75) is 78.2 Å². The summed E-state index contributed by atoms with van der Waals surface area (Å²) in [5.74, 6) is -0.511. The molecule has 0 unspecified atom stereocenters. The number of carboxylic acid groups (broad SMARTS) is 1. The van der Waals surface area contributed by atoms with Crippen molar-refractivity contribution < 1.29 is 38.4 Å². The van der Waals surface area contributed by atoms with Gasteiger partial charge in [-0.1, -0.05) is 30.3 Å². The van der Waals surface area contributed by atoms with Gasteiger partial charge in [0.25, 0.3) is 0 Å². The number of benzene rings is 2. The molecule has 10 nitrogen and oxygen atoms in total. The maximum Gasteiger partial charge on any atom is 0.329 e. The van der Waals surface area contributed by atoms with Gasteiger partial charge in [0.2, 0.25) is 0 Å². The molecule has 1 saturated carbocycles. The molecule has 2 aromatic rings. The van der Waals surface area contributed by atoms with Gasteiger partial charge in [-0.15, -0.1) is 0 Å². The number of rotatable bonds is 15. The third-order valence-corrected chi connectivity index (χ3v) is 7.86. The van der Waals surface area contributed by atoms with Crippen molar-refractivity contribution in [3.63, 3.8) is 0 Å². The summed E-state index contributed by atoms with van der Waals surface area (Å²) in [4.78, 5) is 40.3. The highest BCUT2D eigenvalue weighted by atomic mass is 16.5. The lowest BCUT2D eigenvalue weighted by molar-refractivity contribution is -0.155. The molecule has 2 N–H and O–H groups in total. The molecular formula is C32H44N2O8. The van der Waals surface area contributed by atoms with Crippen molar-refractivity contribution in [1.29, 1.82) is 0 Å². The summed E-state index contributed by atoms with van der Waals surface area (Å²) in [6.45, 7) is 11.8. The zero-order chi connectivity index (χ0) is 31.0. The predicted molar refractivity (Wildman–Crippen MR) is 158 cm³/mol. The summed E-state index contributed by atoms with van der Waals surface area (Å²) in [6, 6.07) is 10.4. The molecule has 0 aromatic heterocycles. The number of amides is 2. The first-order valence-corrected chi connectivity index (χ1v) is 14.4. The van der Waals surface area contributed by atoms with Crippen molar-refractivity contribution in [3.8, 4) is 11.5 Å². The van der Waals surface area contributed by atoms with Crippen LogP contribution in [0.4, 0.5) is 4.79 Å². The fourth-order valence-electron chi connectivity index (χ4n) is 5.39. The number of urea groups is 1. The van der Waals surface area contributed by atoms with Crippen molar-refractivity contribution in [2.24, 2.45) is 0 Å². The van der Waals surface area contributed by atoms with E-state index in [1.807, 2.05) is 65.0 Å². The Morgan fingerprint density at radius 3 is 2.29 bits per heavy atom. The third kappa shape index (κ3) is 7.22. The van der Waals surface area contributed by atoms with Gasteiger partial charge in [0, 0.05) is 26.5 Å². The van der Waals surface area contributed by atoms with Crippen LogP contribution in [0.3, 0.4) is 0 Å². The summed E-state index contributed by atoms with van der Waals surface area (Å²) in [6.07, 6.45) is -0.115. The van der Waals surface area contributed by atoms with Gasteiger partial charge in [0.1, 0.15) is 22.6 Å². The fourth-order valence-corrected chi connectivity index (χ4v) is 5.39. The van der Waals surface area contributed by atoms with Crippen LogP contribution in [0.2, 0.25) is 0 Å². The lowest BCUT2D eigenvalue weighted by Crippen LogP contribution is -2.66. The lowest BCUT2D eigenvalue weighted by atomic mass is 9.74. The summed E-state index contributed by atoms with van der Waals surface area (Å²) >= 11 is 0. The average molecular weight is 585 g/mol. The minimum atomic E-state index is -1.42. The first kappa shape index (κ1) is 32.9. The number of Topliss-reactive ketones (excluding diaryl/α,β-unsaturated/α-hetero) is 1. The Labute approximate surface area is 248 Å². The summed E-state index contributed by atoms with van der Waals surface area (Å²) in [5.41, 5.74) is 1.35. The molecule has 10 heteroatoms. The SMILES string of the molecule is CCOc1cc([C@@H](C)N(CCO[C@@H](C)c2ccccc2)C(=O)N[C@]2(C(=O)O)C[C@H](OC)C2)c(C)c(OCC)c1C(C)=O. The van der Waals surface area contributed by atoms with Crippen molar-refractivity contribution in [2.75, 3.05) is 33.5 Å². The number of carbonyl (C=O) groups is 3. The maximum absolute atomic E-state index is 13.9. The van der Waals surface area contributed by atoms with Gasteiger partial charge in [-0.25, -0.2) is 9.59 Å². The number of carbonyl (C=O) groups excluding carboxylic acids is 2. The lowest BCUT2D eigenvalue weighted by Gasteiger charge is -2.45. The van der Waals surface area contributed by atoms with Gasteiger partial charge in [-0.2, -0.15) is 0 Å². The Kier molecular flexibility index (Phi) is 11.4. The number of nitrogens with zero attached hydrogens (tertiary/aromatic N) is 1. The predicted octanol–water partition coefficient (Wildman–Crippen LogP) is 5.48. The molecule has 3 rings (SSSR count). The molecule has 0 spiro atoms. The quantitative estimate of drug-likeness (QED) is 0.264. The third-order valence-electron chi connectivity index (χ3n) is 7.86. The summed E-state index contributed by atoms with van der Waals surface area (Å²) < 4.78 is 23.2. The van der Waals surface area contributed by atoms with Crippen LogP contribution < -0.4 is 14.8 Å². The molecule has 42 heavy (non-hydrogen) atoms. The van der Waals surface area contributed by atoms with Gasteiger partial charge in [-0.3, -0.25) is 4.79 Å². The maximum atomic E-state index is 13.9. The second-order valence-corrected chi connectivity index (χ2v) is 10.6. The van der Waals surface area contributed by atoms with E-state index < -0.39 is 23.6 Å². The van der Waals surface area contributed by atoms with E-state index in [0.717, 1.165) is 5.56 Å². The van der Waals surface area contributed by atoms with Gasteiger partial charge in [0.15, 0.2) is 5.78 Å². The number of hydrogen-bond acceptors (Lipinski definition) is 7. The Morgan fingerprint density at radius 2 is 1.74 bits per heavy atom. The Morgan fingerprint density at radius 1 is 1.10 bits per heavy atom. The summed E-state index contributed by atoms with van der Waals surface area (Å²) in [7, 11) is 1.53. The topological polar surface area (TPSA) is 124 Å². The van der Waals surface area contributed by atoms with Crippen LogP contribution in [0.1, 0.15) is 86.7 Å². The number of aliphatic carboxylic acids is 1. The normalized spacial score (nSPS) is 19.3. The van der Waals surface area contributed by atoms with E-state index >= 15 is 0 Å². The van der Waals surface area contributed by atoms with Crippen LogP contribution >= 0.6 is 0 Å². The van der Waals surface area contributed by atoms with Crippen LogP contribution in [0.5, 0.6) is 11.5 Å². The molecule has 0 saturated heterocycles. The average Bonchev–Trinajstić information content (AvgIpc) is 2.94. The van der Waals surface area contributed by atoms with E-state index in [1.54, 1.807) is 11.0 Å². The largest absolute Gasteiger partial charge is 0.493 e. The van der Waals surface area contributed by atoms with Gasteiger partial charge in [-0.05, 0) is 64.3 Å². The van der Waals surface area contributed by atoms with Crippen LogP contribution in [0.15, 0.2) is 36.4 Å². The number of ether oxygens (including phenoxy) is 4. The highest BCUT2D eigenvalue weighted by molar-refractivity contribution is 6.00. The molecule has 0 heterocycles. The van der Waals surface area contributed by atoms with E-state index in [0.29, 0.717) is 41.4 Å². The molecule has 1 aliphatic rings. The molecule has 0 bridgehead atoms. The highest BCUT2D eigenvalue weighted by Gasteiger charge is 2.52. The van der Waals surface area contributed by atoms with E-state index in [2.05, 4.69) is 5.32 Å². The standard InChI is InChI=1S/C32H44N2O8/c1-8-40-27-17-26(20(3)29(41-9-2)28(27)22(5)35)21(4)34(15-16-42-23(6)24-13-11-10-12-14-24)31(38)33-32(30(36)37)18-25(19-32)39-7/h10-14,17,21,23,25H,8-9,15-16,18-19H2,1-7H3,(H,33,38)(H,36,37)/t21-,23+,25-,32+/m1/s1. The second-order valence-electron chi connectivity index (χ2n) is 10.6. The molecule has 2 aromatic carbocycles. The number of hydrogen-bond donors (Lipinski definition) is 2. The zero-order valence-electron chi connectivity index (χ0n) is 25.7. The molecule has 2 amide bonds. The first-order chi connectivity index (χ1) is 20.0. The molecule has 1 aliphatic carbocycles. The molecular weight excluding hydrogens is 540 g/mol. The van der Waals surface area contributed by atoms with Gasteiger partial charge < -0.3 is 34.3 Å². The molecule has 230 valence electrons. The van der Waals surface area contributed by atoms with E-state index in [4.69, 9.17) is 18.9 Å². The van der Waals surface area contributed by atoms with Crippen LogP contribution in [-0.2, 0) is 14.3 Å². The highest BCUT2D eigenvalue weighted by Crippen LogP contribution is 2.40. The van der Waals surface area contributed by atoms with Crippen molar-refractivity contribution >= 4 is 17.8 Å². The Balaban J connectivity index is 1.98. The Hall–Kier alpha value is -3.63. The molecule has 1 fully saturated rings. The summed E-state index contributed by atoms with van der Waals surface area (Å²) in [5, 5.41) is 12.8. The van der Waals surface area contributed by atoms with Gasteiger partial charge >= 0.3 is 12.0 Å². The number of nitrogens with one attached hydrogen (secondary N) is 1. The fraction of sp³-hybridized carbons (Fsp3) is 0.531. The Bertz CT molecular complexity index is 1240. The number of methoxy groups -OCH3 is 1. The van der Waals surface area contributed by atoms with E-state index in [9.17, 15) is 19.5 Å². The molecule has 0 aliphatic heterocycles. The molecule has 0 radical (unpaired) electrons. The van der Waals surface area contributed by atoms with Crippen LogP contribution in [0.25, 0.3) is 0 Å². The van der Waals surface area contributed by atoms with Crippen molar-refractivity contribution in [1.82, 2.24) is 10.2 Å². The van der Waals surface area contributed by atoms with Gasteiger partial charge in [0.05, 0.1) is 38.1 Å². The monoisotopic (exact) mass is 584 g/mol. The van der Waals surface area contributed by atoms with Crippen molar-refractivity contribution in [3.05, 3.63) is 58.7 Å². The first-order valence-electron chi connectivity index (χ1n) is 14.4. The van der Waals surface area contributed by atoms with E-state index in [-0.39, 0.29) is 44.0 Å². The minimum Gasteiger partial charge on any atom is -0.493 e. The smallest absolute Gasteiger partial charge is 0.329 e. The van der Waals surface area contributed by atoms with E-state index in [1.165, 1.54) is 14.0 Å². The van der Waals surface area contributed by atoms with Crippen LogP contribution in [-0.4, -0.2) is 72.9 Å². The zero-order valence-corrected chi connectivity index (χ0v) is 25.7. The number of carboxylic acids is 1.